The molecule has 230 valence electrons. The smallest absolute Gasteiger partial charge is 0.326 e. The van der Waals surface area contributed by atoms with Gasteiger partial charge >= 0.3 is 5.97 Å². The van der Waals surface area contributed by atoms with Gasteiger partial charge < -0.3 is 49.7 Å². The number of aliphatic imine (C=N–C) groups is 1. The maximum atomic E-state index is 13.3. The van der Waals surface area contributed by atoms with Crippen molar-refractivity contribution in [1.29, 1.82) is 0 Å². The Morgan fingerprint density at radius 2 is 1.24 bits per heavy atom. The zero-order valence-electron chi connectivity index (χ0n) is 23.6. The molecular formula is C27H47N9O5. The molecule has 1 aromatic carbocycles. The van der Waals surface area contributed by atoms with Gasteiger partial charge in [-0.3, -0.25) is 19.4 Å². The minimum Gasteiger partial charge on any atom is -0.480 e. The quantitative estimate of drug-likeness (QED) is 0.0459. The van der Waals surface area contributed by atoms with Crippen LogP contribution in [0.4, 0.5) is 0 Å². The Bertz CT molecular complexity index is 973. The molecule has 4 unspecified atom stereocenters. The van der Waals surface area contributed by atoms with Gasteiger partial charge in [0.25, 0.3) is 0 Å². The lowest BCUT2D eigenvalue weighted by molar-refractivity contribution is -0.142. The highest BCUT2D eigenvalue weighted by molar-refractivity contribution is 5.94. The van der Waals surface area contributed by atoms with E-state index in [4.69, 9.17) is 28.7 Å². The van der Waals surface area contributed by atoms with Crippen molar-refractivity contribution in [1.82, 2.24) is 16.0 Å². The fourth-order valence-electron chi connectivity index (χ4n) is 4.05. The topological polar surface area (TPSA) is 267 Å². The maximum Gasteiger partial charge on any atom is 0.326 e. The van der Waals surface area contributed by atoms with Crippen molar-refractivity contribution < 1.29 is 24.3 Å². The largest absolute Gasteiger partial charge is 0.480 e. The predicted molar refractivity (Wildman–Crippen MR) is 157 cm³/mol. The molecule has 1 rings (SSSR count). The normalized spacial score (nSPS) is 13.7. The molecule has 14 heteroatoms. The van der Waals surface area contributed by atoms with Crippen LogP contribution in [0.5, 0.6) is 0 Å². The number of unbranched alkanes of at least 4 members (excludes halogenated alkanes) is 2. The van der Waals surface area contributed by atoms with Gasteiger partial charge in [0.1, 0.15) is 18.1 Å². The van der Waals surface area contributed by atoms with Crippen LogP contribution in [-0.4, -0.2) is 78.6 Å². The minimum atomic E-state index is -1.23. The highest BCUT2D eigenvalue weighted by atomic mass is 16.4. The van der Waals surface area contributed by atoms with Crippen LogP contribution >= 0.6 is 0 Å². The number of carbonyl (C=O) groups excluding carboxylic acids is 3. The number of hydrogen-bond acceptors (Lipinski definition) is 8. The maximum absolute atomic E-state index is 13.3. The van der Waals surface area contributed by atoms with Crippen LogP contribution in [0.1, 0.15) is 56.9 Å². The summed E-state index contributed by atoms with van der Waals surface area (Å²) in [6.07, 6.45) is 3.75. The van der Waals surface area contributed by atoms with Gasteiger partial charge in [-0.05, 0) is 63.6 Å². The second-order valence-electron chi connectivity index (χ2n) is 9.84. The predicted octanol–water partition coefficient (Wildman–Crippen LogP) is -1.59. The van der Waals surface area contributed by atoms with Gasteiger partial charge in [-0.25, -0.2) is 4.79 Å². The summed E-state index contributed by atoms with van der Waals surface area (Å²) in [4.78, 5) is 55.2. The van der Waals surface area contributed by atoms with E-state index in [0.29, 0.717) is 45.2 Å². The van der Waals surface area contributed by atoms with Crippen molar-refractivity contribution in [2.75, 3.05) is 19.6 Å². The van der Waals surface area contributed by atoms with E-state index in [1.165, 1.54) is 0 Å². The van der Waals surface area contributed by atoms with Crippen LogP contribution in [0.15, 0.2) is 35.3 Å². The second kappa shape index (κ2) is 20.2. The zero-order chi connectivity index (χ0) is 30.6. The van der Waals surface area contributed by atoms with Gasteiger partial charge in [0.2, 0.25) is 17.7 Å². The summed E-state index contributed by atoms with van der Waals surface area (Å²) < 4.78 is 0. The Kier molecular flexibility index (Phi) is 17.4. The number of guanidine groups is 1. The molecule has 41 heavy (non-hydrogen) atoms. The summed E-state index contributed by atoms with van der Waals surface area (Å²) in [5, 5.41) is 17.6. The second-order valence-corrected chi connectivity index (χ2v) is 9.84. The van der Waals surface area contributed by atoms with Crippen molar-refractivity contribution in [2.24, 2.45) is 33.7 Å². The molecule has 0 radical (unpaired) electrons. The van der Waals surface area contributed by atoms with Crippen molar-refractivity contribution >= 4 is 29.7 Å². The summed E-state index contributed by atoms with van der Waals surface area (Å²) in [7, 11) is 0. The van der Waals surface area contributed by atoms with E-state index in [1.807, 2.05) is 0 Å². The van der Waals surface area contributed by atoms with Crippen molar-refractivity contribution in [2.45, 2.75) is 82.0 Å². The molecule has 14 nitrogen and oxygen atoms in total. The van der Waals surface area contributed by atoms with Gasteiger partial charge in [0.05, 0.1) is 6.04 Å². The van der Waals surface area contributed by atoms with Crippen molar-refractivity contribution in [3.05, 3.63) is 35.9 Å². The average molecular weight is 578 g/mol. The Morgan fingerprint density at radius 1 is 0.732 bits per heavy atom. The number of rotatable bonds is 21. The van der Waals surface area contributed by atoms with E-state index in [1.54, 1.807) is 30.3 Å². The van der Waals surface area contributed by atoms with Gasteiger partial charge in [-0.2, -0.15) is 0 Å². The number of carboxylic acid groups (broad SMARTS) is 1. The molecule has 3 amide bonds. The molecule has 0 bridgehead atoms. The number of carbonyl (C=O) groups is 4. The molecule has 0 saturated carbocycles. The number of carboxylic acids is 1. The van der Waals surface area contributed by atoms with E-state index in [9.17, 15) is 24.3 Å². The average Bonchev–Trinajstić information content (AvgIpc) is 2.93. The Morgan fingerprint density at radius 3 is 1.78 bits per heavy atom. The number of aliphatic carboxylic acids is 1. The molecule has 0 fully saturated rings. The SMILES string of the molecule is NCCCCC(N)C(=O)NC(CCCCN)C(=O)NC(CCCN=C(N)N)C(=O)NC(Cc1ccccc1)C(=O)O. The number of amides is 3. The summed E-state index contributed by atoms with van der Waals surface area (Å²) in [5.41, 5.74) is 28.6. The molecule has 0 aromatic heterocycles. The summed E-state index contributed by atoms with van der Waals surface area (Å²) in [6, 6.07) is 4.72. The summed E-state index contributed by atoms with van der Waals surface area (Å²) in [6.45, 7) is 1.09. The third kappa shape index (κ3) is 15.0. The van der Waals surface area contributed by atoms with Crippen LogP contribution in [0.25, 0.3) is 0 Å². The minimum absolute atomic E-state index is 0.0520. The van der Waals surface area contributed by atoms with Gasteiger partial charge in [-0.1, -0.05) is 36.8 Å². The summed E-state index contributed by atoms with van der Waals surface area (Å²) >= 11 is 0. The Balaban J connectivity index is 3.04. The van der Waals surface area contributed by atoms with E-state index in [-0.39, 0.29) is 31.8 Å². The van der Waals surface area contributed by atoms with Crippen molar-refractivity contribution in [3.63, 3.8) is 0 Å². The van der Waals surface area contributed by atoms with E-state index >= 15 is 0 Å². The lowest BCUT2D eigenvalue weighted by atomic mass is 10.0. The fourth-order valence-corrected chi connectivity index (χ4v) is 4.05. The summed E-state index contributed by atoms with van der Waals surface area (Å²) in [5.74, 6) is -3.10. The van der Waals surface area contributed by atoms with Crippen LogP contribution in [0.2, 0.25) is 0 Å². The van der Waals surface area contributed by atoms with Crippen LogP contribution in [0, 0.1) is 0 Å². The molecule has 1 aromatic rings. The molecule has 0 spiro atoms. The highest BCUT2D eigenvalue weighted by Gasteiger charge is 2.30. The number of nitrogens with two attached hydrogens (primary N) is 5. The molecule has 0 aliphatic heterocycles. The number of benzene rings is 1. The third-order valence-electron chi connectivity index (χ3n) is 6.36. The standard InChI is InChI=1S/C27H47N9O5/c28-14-6-4-11-19(30)23(37)34-20(12-5-7-15-29)24(38)35-21(13-8-16-33-27(31)32)25(39)36-22(26(40)41)17-18-9-2-1-3-10-18/h1-3,9-10,19-22H,4-8,11-17,28-30H2,(H,34,37)(H,35,38)(H,36,39)(H,40,41)(H4,31,32,33). The molecule has 14 N–H and O–H groups in total. The lowest BCUT2D eigenvalue weighted by Crippen LogP contribution is -2.57. The van der Waals surface area contributed by atoms with Gasteiger partial charge in [-0.15, -0.1) is 0 Å². The molecule has 0 saturated heterocycles. The first kappa shape index (κ1) is 35.3. The fraction of sp³-hybridized carbons (Fsp3) is 0.593. The number of hydrogen-bond donors (Lipinski definition) is 9. The molecule has 0 heterocycles. The molecule has 4 atom stereocenters. The zero-order valence-corrected chi connectivity index (χ0v) is 23.6. The molecule has 0 aliphatic rings. The van der Waals surface area contributed by atoms with E-state index in [0.717, 1.165) is 12.0 Å². The third-order valence-corrected chi connectivity index (χ3v) is 6.36. The first-order chi connectivity index (χ1) is 19.6. The van der Waals surface area contributed by atoms with Gasteiger partial charge in [0.15, 0.2) is 5.96 Å². The number of nitrogens with one attached hydrogen (secondary N) is 3. The Hall–Kier alpha value is -3.75. The molecular weight excluding hydrogens is 530 g/mol. The highest BCUT2D eigenvalue weighted by Crippen LogP contribution is 2.08. The monoisotopic (exact) mass is 577 g/mol. The van der Waals surface area contributed by atoms with E-state index in [2.05, 4.69) is 20.9 Å². The van der Waals surface area contributed by atoms with Crippen LogP contribution < -0.4 is 44.6 Å². The molecule has 0 aliphatic carbocycles. The van der Waals surface area contributed by atoms with Crippen LogP contribution in [0.3, 0.4) is 0 Å². The first-order valence-electron chi connectivity index (χ1n) is 14.0. The van der Waals surface area contributed by atoms with Crippen LogP contribution in [-0.2, 0) is 25.6 Å². The van der Waals surface area contributed by atoms with Gasteiger partial charge in [0, 0.05) is 13.0 Å². The van der Waals surface area contributed by atoms with Crippen molar-refractivity contribution in [3.8, 4) is 0 Å². The lowest BCUT2D eigenvalue weighted by Gasteiger charge is -2.25. The Labute approximate surface area is 241 Å². The van der Waals surface area contributed by atoms with E-state index < -0.39 is 47.9 Å². The number of nitrogens with zero attached hydrogens (tertiary/aromatic N) is 1. The first-order valence-corrected chi connectivity index (χ1v) is 14.0.